The predicted octanol–water partition coefficient (Wildman–Crippen LogP) is 6.50. The molecule has 3 aliphatic carbocycles. The third-order valence-corrected chi connectivity index (χ3v) is 8.64. The van der Waals surface area contributed by atoms with Gasteiger partial charge in [-0.25, -0.2) is 18.7 Å². The Hall–Kier alpha value is -2.31. The van der Waals surface area contributed by atoms with Gasteiger partial charge in [0, 0.05) is 17.7 Å². The minimum absolute atomic E-state index is 0.0643. The van der Waals surface area contributed by atoms with Crippen LogP contribution in [-0.4, -0.2) is 47.1 Å². The molecule has 0 amide bonds. The van der Waals surface area contributed by atoms with E-state index in [2.05, 4.69) is 69.9 Å². The third kappa shape index (κ3) is 5.72. The second-order valence-corrected chi connectivity index (χ2v) is 14.5. The van der Waals surface area contributed by atoms with Gasteiger partial charge < -0.3 is 14.7 Å². The van der Waals surface area contributed by atoms with Crippen molar-refractivity contribution in [3.05, 3.63) is 42.5 Å². The summed E-state index contributed by atoms with van der Waals surface area (Å²) in [6, 6.07) is 6.04. The number of halogens is 2. The monoisotopic (exact) mass is 603 g/mol. The highest BCUT2D eigenvalue weighted by Crippen LogP contribution is 2.52. The number of phenolic OH excluding ortho intramolecular Hbond substituents is 1. The summed E-state index contributed by atoms with van der Waals surface area (Å²) in [6.07, 6.45) is 8.70. The van der Waals surface area contributed by atoms with E-state index in [-0.39, 0.29) is 46.4 Å². The number of benzene rings is 1. The number of rotatable bonds is 7. The van der Waals surface area contributed by atoms with Gasteiger partial charge in [0.1, 0.15) is 17.7 Å². The summed E-state index contributed by atoms with van der Waals surface area (Å²) in [6.45, 7) is 2.29. The van der Waals surface area contributed by atoms with Crippen LogP contribution >= 0.6 is 37.9 Å². The Morgan fingerprint density at radius 3 is 2.52 bits per heavy atom. The number of aromatic nitrogens is 4. The van der Waals surface area contributed by atoms with Crippen LogP contribution in [0.25, 0.3) is 22.5 Å². The van der Waals surface area contributed by atoms with Gasteiger partial charge in [0.2, 0.25) is 9.48 Å². The summed E-state index contributed by atoms with van der Waals surface area (Å²) in [5, 5.41) is 19.6. The van der Waals surface area contributed by atoms with Crippen LogP contribution in [0, 0.1) is 17.2 Å². The number of ether oxygens (including phenoxy) is 1. The average molecular weight is 604 g/mol. The Bertz CT molecular complexity index is 1410. The van der Waals surface area contributed by atoms with Crippen molar-refractivity contribution in [2.75, 3.05) is 4.90 Å². The number of hydrogen-bond acceptors (Lipinski definition) is 10. The van der Waals surface area contributed by atoms with Crippen molar-refractivity contribution < 1.29 is 18.6 Å². The molecule has 0 unspecified atom stereocenters. The zero-order valence-corrected chi connectivity index (χ0v) is 24.6. The molecule has 3 aliphatic rings. The molecule has 0 aliphatic heterocycles. The maximum Gasteiger partial charge on any atom is 0.242 e. The number of nitrogens with zero attached hydrogens (tertiary/aromatic N) is 5. The zero-order valence-electron chi connectivity index (χ0n) is 21.9. The smallest absolute Gasteiger partial charge is 0.242 e. The standard InChI is InChI=1S/C28H31F2N5O2S3/c1-27-8-2-3-16(11-27)25(30)21(12-27)35(17-5-6-17)23-14-32-26(34-33-23)18-7-4-15(9-22(18)36)19-10-24(31-13-20(19)29)37-28(38,39)40/h4,7,9-10,13-14,16-17,21,25,36,38-40H,2-3,5-6,8,11-12H2,1H3/t16-,21-,25+,27+/m0/s1. The van der Waals surface area contributed by atoms with Gasteiger partial charge in [0.05, 0.1) is 24.0 Å². The SMILES string of the molecule is C[C@@]12CCC[C@@H](C1)[C@@H](F)[C@@H](N(c1cnc(-c3ccc(-c4cc(OC(S)(S)S)ncc4F)cc3O)nn1)C1CC1)C2. The van der Waals surface area contributed by atoms with Crippen LogP contribution in [0.4, 0.5) is 14.6 Å². The first-order valence-electron chi connectivity index (χ1n) is 13.5. The Labute approximate surface area is 248 Å². The van der Waals surface area contributed by atoms with Gasteiger partial charge in [-0.15, -0.1) is 48.1 Å². The lowest BCUT2D eigenvalue weighted by Crippen LogP contribution is -2.54. The minimum atomic E-state index is -1.40. The van der Waals surface area contributed by atoms with Crippen molar-refractivity contribution in [2.45, 2.75) is 73.7 Å². The van der Waals surface area contributed by atoms with Crippen LogP contribution in [0.15, 0.2) is 36.7 Å². The lowest BCUT2D eigenvalue weighted by Gasteiger charge is -2.51. The molecule has 0 spiro atoms. The molecule has 212 valence electrons. The van der Waals surface area contributed by atoms with Crippen LogP contribution in [0.2, 0.25) is 0 Å². The highest BCUT2D eigenvalue weighted by Gasteiger charge is 2.50. The van der Waals surface area contributed by atoms with Crippen LogP contribution in [-0.2, 0) is 0 Å². The summed E-state index contributed by atoms with van der Waals surface area (Å²) in [5.74, 6) is 0.203. The van der Waals surface area contributed by atoms with E-state index >= 15 is 4.39 Å². The van der Waals surface area contributed by atoms with Crippen molar-refractivity contribution >= 4 is 43.7 Å². The first-order valence-corrected chi connectivity index (χ1v) is 14.8. The van der Waals surface area contributed by atoms with Crippen LogP contribution in [0.1, 0.15) is 51.9 Å². The predicted molar refractivity (Wildman–Crippen MR) is 159 cm³/mol. The number of hydrogen-bond donors (Lipinski definition) is 4. The van der Waals surface area contributed by atoms with Gasteiger partial charge in [-0.1, -0.05) is 19.4 Å². The molecule has 0 saturated heterocycles. The van der Waals surface area contributed by atoms with Crippen molar-refractivity contribution in [1.29, 1.82) is 0 Å². The first kappa shape index (κ1) is 27.8. The Balaban J connectivity index is 1.25. The first-order chi connectivity index (χ1) is 19.0. The number of fused-ring (bicyclic) bond motifs is 2. The Morgan fingerprint density at radius 2 is 1.85 bits per heavy atom. The molecule has 6 rings (SSSR count). The van der Waals surface area contributed by atoms with Gasteiger partial charge in [-0.3, -0.25) is 0 Å². The number of phenols is 1. The second kappa shape index (κ2) is 10.5. The van der Waals surface area contributed by atoms with E-state index in [4.69, 9.17) is 4.74 Å². The van der Waals surface area contributed by atoms with Crippen molar-refractivity contribution in [3.8, 4) is 34.1 Å². The Kier molecular flexibility index (Phi) is 7.31. The molecular formula is C28H31F2N5O2S3. The van der Waals surface area contributed by atoms with Gasteiger partial charge in [0.15, 0.2) is 11.6 Å². The van der Waals surface area contributed by atoms with Crippen LogP contribution in [0.3, 0.4) is 0 Å². The Morgan fingerprint density at radius 1 is 1.05 bits per heavy atom. The summed E-state index contributed by atoms with van der Waals surface area (Å²) >= 11 is 12.2. The molecule has 3 saturated carbocycles. The summed E-state index contributed by atoms with van der Waals surface area (Å²) in [4.78, 5) is 10.5. The molecule has 40 heavy (non-hydrogen) atoms. The summed E-state index contributed by atoms with van der Waals surface area (Å²) in [5.41, 5.74) is 1.06. The maximum absolute atomic E-state index is 15.7. The molecule has 4 atom stereocenters. The van der Waals surface area contributed by atoms with E-state index in [0.717, 1.165) is 51.1 Å². The molecule has 3 fully saturated rings. The molecule has 2 aromatic heterocycles. The fourth-order valence-corrected chi connectivity index (χ4v) is 6.77. The maximum atomic E-state index is 15.7. The van der Waals surface area contributed by atoms with Gasteiger partial charge in [-0.2, -0.15) is 0 Å². The molecular weight excluding hydrogens is 573 g/mol. The molecule has 1 aromatic carbocycles. The summed E-state index contributed by atoms with van der Waals surface area (Å²) in [7, 11) is 0. The fourth-order valence-electron chi connectivity index (χ4n) is 6.49. The molecule has 2 bridgehead atoms. The summed E-state index contributed by atoms with van der Waals surface area (Å²) < 4.78 is 34.3. The van der Waals surface area contributed by atoms with Gasteiger partial charge in [0.25, 0.3) is 0 Å². The fraction of sp³-hybridized carbons (Fsp3) is 0.500. The average Bonchev–Trinajstić information content (AvgIpc) is 3.73. The van der Waals surface area contributed by atoms with Crippen molar-refractivity contribution in [1.82, 2.24) is 20.2 Å². The molecule has 2 heterocycles. The van der Waals surface area contributed by atoms with E-state index in [9.17, 15) is 9.50 Å². The molecule has 0 radical (unpaired) electrons. The third-order valence-electron chi connectivity index (χ3n) is 8.36. The van der Waals surface area contributed by atoms with E-state index in [1.165, 1.54) is 12.1 Å². The molecule has 12 heteroatoms. The number of pyridine rings is 1. The minimum Gasteiger partial charge on any atom is -0.507 e. The van der Waals surface area contributed by atoms with E-state index < -0.39 is 15.6 Å². The number of anilines is 1. The lowest BCUT2D eigenvalue weighted by molar-refractivity contribution is 0.00942. The highest BCUT2D eigenvalue weighted by molar-refractivity contribution is 8.16. The zero-order chi connectivity index (χ0) is 28.2. The molecule has 3 aromatic rings. The van der Waals surface area contributed by atoms with Crippen molar-refractivity contribution in [3.63, 3.8) is 0 Å². The number of aromatic hydroxyl groups is 1. The van der Waals surface area contributed by atoms with Crippen molar-refractivity contribution in [2.24, 2.45) is 11.3 Å². The number of thiol groups is 3. The van der Waals surface area contributed by atoms with E-state index in [1.54, 1.807) is 18.3 Å². The quantitative estimate of drug-likeness (QED) is 0.181. The molecule has 1 N–H and O–H groups in total. The molecule has 7 nitrogen and oxygen atoms in total. The van der Waals surface area contributed by atoms with Gasteiger partial charge >= 0.3 is 0 Å². The largest absolute Gasteiger partial charge is 0.507 e. The lowest BCUT2D eigenvalue weighted by atomic mass is 9.60. The topological polar surface area (TPSA) is 84.3 Å². The van der Waals surface area contributed by atoms with Crippen LogP contribution in [0.5, 0.6) is 11.6 Å². The van der Waals surface area contributed by atoms with Crippen LogP contribution < -0.4 is 9.64 Å². The van der Waals surface area contributed by atoms with E-state index in [0.29, 0.717) is 16.9 Å². The highest BCUT2D eigenvalue weighted by atomic mass is 32.2. The van der Waals surface area contributed by atoms with Gasteiger partial charge in [-0.05, 0) is 67.6 Å². The second-order valence-electron chi connectivity index (χ2n) is 11.6. The number of alkyl halides is 1. The van der Waals surface area contributed by atoms with E-state index in [1.807, 2.05) is 0 Å². The normalized spacial score (nSPS) is 26.4.